The van der Waals surface area contributed by atoms with Gasteiger partial charge in [0, 0.05) is 24.5 Å². The number of urea groups is 1. The number of amides is 2. The zero-order valence-electron chi connectivity index (χ0n) is 13.5. The zero-order valence-corrected chi connectivity index (χ0v) is 13.5. The number of hydrogen-bond donors (Lipinski definition) is 2. The molecule has 23 heavy (non-hydrogen) atoms. The van der Waals surface area contributed by atoms with Gasteiger partial charge in [-0.2, -0.15) is 0 Å². The molecule has 0 aliphatic carbocycles. The van der Waals surface area contributed by atoms with E-state index in [4.69, 9.17) is 9.47 Å². The maximum absolute atomic E-state index is 12.0. The summed E-state index contributed by atoms with van der Waals surface area (Å²) in [4.78, 5) is 16.0. The molecule has 122 valence electrons. The normalized spacial score (nSPS) is 11.4. The summed E-state index contributed by atoms with van der Waals surface area (Å²) in [5.74, 6) is 1.26. The van der Waals surface area contributed by atoms with Gasteiger partial charge in [-0.3, -0.25) is 4.98 Å². The molecule has 2 N–H and O–H groups in total. The van der Waals surface area contributed by atoms with E-state index >= 15 is 0 Å². The molecule has 6 nitrogen and oxygen atoms in total. The van der Waals surface area contributed by atoms with Gasteiger partial charge in [0.05, 0.1) is 20.3 Å². The van der Waals surface area contributed by atoms with Crippen molar-refractivity contribution >= 4 is 6.03 Å². The molecule has 1 aromatic carbocycles. The number of aromatic nitrogens is 1. The topological polar surface area (TPSA) is 72.5 Å². The Morgan fingerprint density at radius 3 is 2.57 bits per heavy atom. The van der Waals surface area contributed by atoms with Gasteiger partial charge in [-0.1, -0.05) is 12.1 Å². The quantitative estimate of drug-likeness (QED) is 0.859. The Hall–Kier alpha value is -2.76. The second-order valence-corrected chi connectivity index (χ2v) is 4.98. The lowest BCUT2D eigenvalue weighted by Crippen LogP contribution is -2.36. The first-order valence-corrected chi connectivity index (χ1v) is 7.30. The molecule has 6 heteroatoms. The highest BCUT2D eigenvalue weighted by atomic mass is 16.5. The Balaban J connectivity index is 1.95. The third-order valence-electron chi connectivity index (χ3n) is 3.48. The Labute approximate surface area is 135 Å². The van der Waals surface area contributed by atoms with E-state index in [1.807, 2.05) is 37.3 Å². The van der Waals surface area contributed by atoms with Gasteiger partial charge in [0.2, 0.25) is 0 Å². The molecule has 1 aromatic heterocycles. The molecule has 0 radical (unpaired) electrons. The largest absolute Gasteiger partial charge is 0.493 e. The van der Waals surface area contributed by atoms with Crippen molar-refractivity contribution < 1.29 is 14.3 Å². The van der Waals surface area contributed by atoms with Gasteiger partial charge in [-0.15, -0.1) is 0 Å². The van der Waals surface area contributed by atoms with Crippen LogP contribution in [0.25, 0.3) is 0 Å². The van der Waals surface area contributed by atoms with Gasteiger partial charge in [0.1, 0.15) is 0 Å². The Morgan fingerprint density at radius 1 is 1.17 bits per heavy atom. The summed E-state index contributed by atoms with van der Waals surface area (Å²) < 4.78 is 10.6. The summed E-state index contributed by atoms with van der Waals surface area (Å²) in [6.45, 7) is 2.26. The fraction of sp³-hybridized carbons (Fsp3) is 0.294. The predicted molar refractivity (Wildman–Crippen MR) is 87.6 cm³/mol. The van der Waals surface area contributed by atoms with Crippen LogP contribution < -0.4 is 20.1 Å². The lowest BCUT2D eigenvalue weighted by Gasteiger charge is -2.16. The number of methoxy groups -OCH3 is 2. The summed E-state index contributed by atoms with van der Waals surface area (Å²) in [5.41, 5.74) is 1.84. The average molecular weight is 315 g/mol. The van der Waals surface area contributed by atoms with Gasteiger partial charge < -0.3 is 20.1 Å². The van der Waals surface area contributed by atoms with Crippen LogP contribution in [0.4, 0.5) is 4.79 Å². The zero-order chi connectivity index (χ0) is 16.7. The maximum atomic E-state index is 12.0. The Kier molecular flexibility index (Phi) is 5.80. The fourth-order valence-corrected chi connectivity index (χ4v) is 2.25. The lowest BCUT2D eigenvalue weighted by atomic mass is 10.1. The van der Waals surface area contributed by atoms with Crippen molar-refractivity contribution in [1.29, 1.82) is 0 Å². The molecule has 2 aromatic rings. The highest BCUT2D eigenvalue weighted by molar-refractivity contribution is 5.74. The third kappa shape index (κ3) is 4.35. The maximum Gasteiger partial charge on any atom is 0.315 e. The Bertz CT molecular complexity index is 647. The van der Waals surface area contributed by atoms with Crippen LogP contribution in [0, 0.1) is 0 Å². The molecular weight excluding hydrogens is 294 g/mol. The number of pyridine rings is 1. The SMILES string of the molecule is COc1cccc(CNC(=O)N[C@@H](C)c2ccncc2)c1OC. The number of nitrogens with zero attached hydrogens (tertiary/aromatic N) is 1. The second-order valence-electron chi connectivity index (χ2n) is 4.98. The molecule has 0 unspecified atom stereocenters. The number of carbonyl (C=O) groups is 1. The number of nitrogens with one attached hydrogen (secondary N) is 2. The van der Waals surface area contributed by atoms with Gasteiger partial charge in [0.25, 0.3) is 0 Å². The van der Waals surface area contributed by atoms with E-state index in [0.29, 0.717) is 18.0 Å². The van der Waals surface area contributed by atoms with Crippen LogP contribution in [0.15, 0.2) is 42.7 Å². The summed E-state index contributed by atoms with van der Waals surface area (Å²) >= 11 is 0. The smallest absolute Gasteiger partial charge is 0.315 e. The molecule has 0 aliphatic heterocycles. The van der Waals surface area contributed by atoms with Crippen molar-refractivity contribution in [3.05, 3.63) is 53.9 Å². The Morgan fingerprint density at radius 2 is 1.91 bits per heavy atom. The van der Waals surface area contributed by atoms with E-state index < -0.39 is 0 Å². The molecule has 0 saturated carbocycles. The summed E-state index contributed by atoms with van der Waals surface area (Å²) in [6, 6.07) is 8.94. The van der Waals surface area contributed by atoms with Gasteiger partial charge in [-0.25, -0.2) is 4.79 Å². The van der Waals surface area contributed by atoms with Crippen molar-refractivity contribution in [1.82, 2.24) is 15.6 Å². The molecule has 0 spiro atoms. The first-order chi connectivity index (χ1) is 11.2. The summed E-state index contributed by atoms with van der Waals surface area (Å²) in [5, 5.41) is 5.71. The lowest BCUT2D eigenvalue weighted by molar-refractivity contribution is 0.237. The molecule has 2 rings (SSSR count). The van der Waals surface area contributed by atoms with Crippen LogP contribution in [0.2, 0.25) is 0 Å². The van der Waals surface area contributed by atoms with E-state index in [9.17, 15) is 4.79 Å². The van der Waals surface area contributed by atoms with Crippen LogP contribution in [0.5, 0.6) is 11.5 Å². The monoisotopic (exact) mass is 315 g/mol. The van der Waals surface area contributed by atoms with Crippen LogP contribution in [0.3, 0.4) is 0 Å². The molecule has 0 saturated heterocycles. The number of para-hydroxylation sites is 1. The molecule has 0 bridgehead atoms. The van der Waals surface area contributed by atoms with Crippen molar-refractivity contribution in [3.8, 4) is 11.5 Å². The van der Waals surface area contributed by atoms with Gasteiger partial charge >= 0.3 is 6.03 Å². The summed E-state index contributed by atoms with van der Waals surface area (Å²) in [7, 11) is 3.16. The van der Waals surface area contributed by atoms with Crippen LogP contribution >= 0.6 is 0 Å². The number of benzene rings is 1. The number of carbonyl (C=O) groups excluding carboxylic acids is 1. The average Bonchev–Trinajstić information content (AvgIpc) is 2.60. The number of ether oxygens (including phenoxy) is 2. The van der Waals surface area contributed by atoms with Crippen molar-refractivity contribution in [2.24, 2.45) is 0 Å². The van der Waals surface area contributed by atoms with E-state index in [-0.39, 0.29) is 12.1 Å². The minimum Gasteiger partial charge on any atom is -0.493 e. The fourth-order valence-electron chi connectivity index (χ4n) is 2.25. The van der Waals surface area contributed by atoms with Crippen molar-refractivity contribution in [2.75, 3.05) is 14.2 Å². The van der Waals surface area contributed by atoms with E-state index in [2.05, 4.69) is 15.6 Å². The minimum absolute atomic E-state index is 0.106. The standard InChI is InChI=1S/C17H21N3O3/c1-12(13-7-9-18-10-8-13)20-17(21)19-11-14-5-4-6-15(22-2)16(14)23-3/h4-10,12H,11H2,1-3H3,(H2,19,20,21)/t12-/m0/s1. The first kappa shape index (κ1) is 16.6. The van der Waals surface area contributed by atoms with Gasteiger partial charge in [-0.05, 0) is 30.7 Å². The van der Waals surface area contributed by atoms with Crippen molar-refractivity contribution in [3.63, 3.8) is 0 Å². The van der Waals surface area contributed by atoms with Crippen molar-refractivity contribution in [2.45, 2.75) is 19.5 Å². The van der Waals surface area contributed by atoms with Crippen LogP contribution in [0.1, 0.15) is 24.1 Å². The molecule has 2 amide bonds. The predicted octanol–water partition coefficient (Wildman–Crippen LogP) is 2.66. The minimum atomic E-state index is -0.251. The highest BCUT2D eigenvalue weighted by Crippen LogP contribution is 2.30. The highest BCUT2D eigenvalue weighted by Gasteiger charge is 2.12. The first-order valence-electron chi connectivity index (χ1n) is 7.30. The number of rotatable bonds is 6. The molecule has 1 heterocycles. The number of hydrogen-bond acceptors (Lipinski definition) is 4. The van der Waals surface area contributed by atoms with E-state index in [1.165, 1.54) is 0 Å². The van der Waals surface area contributed by atoms with Crippen LogP contribution in [-0.4, -0.2) is 25.2 Å². The molecule has 1 atom stereocenters. The van der Waals surface area contributed by atoms with E-state index in [0.717, 1.165) is 11.1 Å². The molecule has 0 fully saturated rings. The van der Waals surface area contributed by atoms with Crippen LogP contribution in [-0.2, 0) is 6.54 Å². The van der Waals surface area contributed by atoms with E-state index in [1.54, 1.807) is 26.6 Å². The summed E-state index contributed by atoms with van der Waals surface area (Å²) in [6.07, 6.45) is 3.40. The third-order valence-corrected chi connectivity index (χ3v) is 3.48. The van der Waals surface area contributed by atoms with Gasteiger partial charge in [0.15, 0.2) is 11.5 Å². The molecular formula is C17H21N3O3. The second kappa shape index (κ2) is 8.03. The molecule has 0 aliphatic rings.